The van der Waals surface area contributed by atoms with Gasteiger partial charge in [-0.15, -0.1) is 0 Å². The van der Waals surface area contributed by atoms with Crippen LogP contribution in [-0.4, -0.2) is 11.9 Å². The lowest BCUT2D eigenvalue weighted by Crippen LogP contribution is -2.37. The van der Waals surface area contributed by atoms with Gasteiger partial charge in [0.25, 0.3) is 0 Å². The van der Waals surface area contributed by atoms with Crippen LogP contribution in [0.1, 0.15) is 32.6 Å². The second-order valence-electron chi connectivity index (χ2n) is 5.22. The first kappa shape index (κ1) is 10.1. The van der Waals surface area contributed by atoms with Crippen molar-refractivity contribution in [1.29, 1.82) is 0 Å². The number of cyclic esters (lactones) is 2. The average Bonchev–Trinajstić information content (AvgIpc) is 2.89. The standard InChI is InChI=1S/C13H16O3/c1-2-3-6-13-9-5-4-8(7-9)10(13)11(14)16-12(13)15/h4-5,8-10H,2-3,6-7H2,1H3/t8?,9?,10-,13-/m1/s1. The Hall–Kier alpha value is -1.12. The second-order valence-corrected chi connectivity index (χ2v) is 5.22. The lowest BCUT2D eigenvalue weighted by Gasteiger charge is -2.30. The molecule has 0 spiro atoms. The van der Waals surface area contributed by atoms with E-state index in [2.05, 4.69) is 19.1 Å². The number of esters is 2. The molecular weight excluding hydrogens is 204 g/mol. The summed E-state index contributed by atoms with van der Waals surface area (Å²) in [6.07, 6.45) is 8.04. The molecule has 1 heterocycles. The van der Waals surface area contributed by atoms with Crippen LogP contribution in [0.3, 0.4) is 0 Å². The molecule has 1 aliphatic heterocycles. The molecule has 2 aliphatic carbocycles. The molecule has 2 fully saturated rings. The molecule has 86 valence electrons. The Labute approximate surface area is 94.8 Å². The molecule has 16 heavy (non-hydrogen) atoms. The summed E-state index contributed by atoms with van der Waals surface area (Å²) < 4.78 is 4.89. The molecule has 2 unspecified atom stereocenters. The first-order valence-electron chi connectivity index (χ1n) is 6.14. The molecule has 3 nitrogen and oxygen atoms in total. The highest BCUT2D eigenvalue weighted by Gasteiger charge is 2.68. The van der Waals surface area contributed by atoms with E-state index in [4.69, 9.17) is 4.74 Å². The second kappa shape index (κ2) is 3.19. The van der Waals surface area contributed by atoms with Crippen molar-refractivity contribution in [2.75, 3.05) is 0 Å². The summed E-state index contributed by atoms with van der Waals surface area (Å²) in [5.41, 5.74) is -0.494. The summed E-state index contributed by atoms with van der Waals surface area (Å²) in [4.78, 5) is 23.8. The molecule has 1 saturated carbocycles. The fourth-order valence-electron chi connectivity index (χ4n) is 3.79. The summed E-state index contributed by atoms with van der Waals surface area (Å²) in [7, 11) is 0. The van der Waals surface area contributed by atoms with Gasteiger partial charge in [0.1, 0.15) is 0 Å². The number of hydrogen-bond donors (Lipinski definition) is 0. The van der Waals surface area contributed by atoms with E-state index in [0.717, 1.165) is 25.7 Å². The minimum Gasteiger partial charge on any atom is -0.392 e. The van der Waals surface area contributed by atoms with Crippen LogP contribution in [0.25, 0.3) is 0 Å². The summed E-state index contributed by atoms with van der Waals surface area (Å²) in [6, 6.07) is 0. The van der Waals surface area contributed by atoms with Crippen LogP contribution < -0.4 is 0 Å². The molecule has 0 amide bonds. The lowest BCUT2D eigenvalue weighted by molar-refractivity contribution is -0.156. The van der Waals surface area contributed by atoms with Crippen molar-refractivity contribution in [3.8, 4) is 0 Å². The van der Waals surface area contributed by atoms with Crippen molar-refractivity contribution in [2.24, 2.45) is 23.2 Å². The van der Waals surface area contributed by atoms with Crippen molar-refractivity contribution in [2.45, 2.75) is 32.6 Å². The smallest absolute Gasteiger partial charge is 0.321 e. The normalized spacial score (nSPS) is 43.9. The molecule has 3 heteroatoms. The van der Waals surface area contributed by atoms with Gasteiger partial charge in [0.05, 0.1) is 11.3 Å². The van der Waals surface area contributed by atoms with Gasteiger partial charge in [-0.2, -0.15) is 0 Å². The molecule has 3 aliphatic rings. The van der Waals surface area contributed by atoms with Gasteiger partial charge >= 0.3 is 11.9 Å². The predicted molar refractivity (Wildman–Crippen MR) is 57.3 cm³/mol. The van der Waals surface area contributed by atoms with E-state index < -0.39 is 5.41 Å². The Morgan fingerprint density at radius 2 is 2.25 bits per heavy atom. The van der Waals surface area contributed by atoms with Crippen LogP contribution >= 0.6 is 0 Å². The third-order valence-corrected chi connectivity index (χ3v) is 4.53. The maximum atomic E-state index is 12.0. The van der Waals surface area contributed by atoms with E-state index in [1.165, 1.54) is 0 Å². The number of unbranched alkanes of at least 4 members (excludes halogenated alkanes) is 1. The minimum absolute atomic E-state index is 0.179. The molecule has 0 radical (unpaired) electrons. The summed E-state index contributed by atoms with van der Waals surface area (Å²) in [6.45, 7) is 2.11. The van der Waals surface area contributed by atoms with Gasteiger partial charge in [-0.1, -0.05) is 31.9 Å². The van der Waals surface area contributed by atoms with Crippen LogP contribution in [0.15, 0.2) is 12.2 Å². The number of carbonyl (C=O) groups is 2. The van der Waals surface area contributed by atoms with Crippen LogP contribution in [0.2, 0.25) is 0 Å². The van der Waals surface area contributed by atoms with Gasteiger partial charge in [-0.3, -0.25) is 9.59 Å². The zero-order valence-corrected chi connectivity index (χ0v) is 9.44. The van der Waals surface area contributed by atoms with Gasteiger partial charge in [0.15, 0.2) is 0 Å². The Bertz CT molecular complexity index is 385. The van der Waals surface area contributed by atoms with E-state index in [1.807, 2.05) is 0 Å². The molecule has 2 bridgehead atoms. The van der Waals surface area contributed by atoms with Gasteiger partial charge in [-0.05, 0) is 24.7 Å². The fourth-order valence-corrected chi connectivity index (χ4v) is 3.79. The van der Waals surface area contributed by atoms with Crippen LogP contribution in [0.4, 0.5) is 0 Å². The Balaban J connectivity index is 2.00. The maximum absolute atomic E-state index is 12.0. The van der Waals surface area contributed by atoms with E-state index in [9.17, 15) is 9.59 Å². The molecular formula is C13H16O3. The number of allylic oxidation sites excluding steroid dienone is 2. The van der Waals surface area contributed by atoms with E-state index in [0.29, 0.717) is 0 Å². The monoisotopic (exact) mass is 220 g/mol. The molecule has 1 saturated heterocycles. The number of ether oxygens (including phenoxy) is 1. The molecule has 3 rings (SSSR count). The number of rotatable bonds is 3. The quantitative estimate of drug-likeness (QED) is 0.415. The van der Waals surface area contributed by atoms with Crippen LogP contribution in [0.5, 0.6) is 0 Å². The lowest BCUT2D eigenvalue weighted by atomic mass is 9.67. The molecule has 0 aromatic rings. The number of carbonyl (C=O) groups excluding carboxylic acids is 2. The van der Waals surface area contributed by atoms with Gasteiger partial charge in [-0.25, -0.2) is 0 Å². The van der Waals surface area contributed by atoms with Gasteiger partial charge in [0.2, 0.25) is 0 Å². The molecule has 0 aromatic heterocycles. The van der Waals surface area contributed by atoms with Crippen molar-refractivity contribution in [3.05, 3.63) is 12.2 Å². The zero-order valence-electron chi connectivity index (χ0n) is 9.44. The SMILES string of the molecule is CCCC[C@]12C(=O)OC(=O)[C@H]1C1C=CC2C1. The highest BCUT2D eigenvalue weighted by molar-refractivity contribution is 6.00. The minimum atomic E-state index is -0.494. The topological polar surface area (TPSA) is 43.4 Å². The van der Waals surface area contributed by atoms with Crippen molar-refractivity contribution in [3.63, 3.8) is 0 Å². The first-order valence-corrected chi connectivity index (χ1v) is 6.14. The summed E-state index contributed by atoms with van der Waals surface area (Å²) in [5.74, 6) is -0.221. The Kier molecular flexibility index (Phi) is 2.00. The fraction of sp³-hybridized carbons (Fsp3) is 0.692. The average molecular weight is 220 g/mol. The molecule has 0 aromatic carbocycles. The Morgan fingerprint density at radius 3 is 3.00 bits per heavy atom. The highest BCUT2D eigenvalue weighted by Crippen LogP contribution is 2.62. The van der Waals surface area contributed by atoms with Crippen molar-refractivity contribution >= 4 is 11.9 Å². The van der Waals surface area contributed by atoms with E-state index in [1.54, 1.807) is 0 Å². The Morgan fingerprint density at radius 1 is 1.44 bits per heavy atom. The first-order chi connectivity index (χ1) is 7.70. The van der Waals surface area contributed by atoms with Gasteiger partial charge < -0.3 is 4.74 Å². The number of fused-ring (bicyclic) bond motifs is 5. The molecule has 4 atom stereocenters. The number of hydrogen-bond acceptors (Lipinski definition) is 3. The van der Waals surface area contributed by atoms with E-state index in [-0.39, 0.29) is 29.7 Å². The molecule has 0 N–H and O–H groups in total. The summed E-state index contributed by atoms with van der Waals surface area (Å²) in [5, 5.41) is 0. The van der Waals surface area contributed by atoms with Crippen LogP contribution in [-0.2, 0) is 14.3 Å². The zero-order chi connectivity index (χ0) is 11.3. The van der Waals surface area contributed by atoms with Crippen molar-refractivity contribution in [1.82, 2.24) is 0 Å². The highest BCUT2D eigenvalue weighted by atomic mass is 16.6. The largest absolute Gasteiger partial charge is 0.392 e. The summed E-state index contributed by atoms with van der Waals surface area (Å²) >= 11 is 0. The maximum Gasteiger partial charge on any atom is 0.321 e. The third kappa shape index (κ3) is 0.989. The van der Waals surface area contributed by atoms with Crippen molar-refractivity contribution < 1.29 is 14.3 Å². The third-order valence-electron chi connectivity index (χ3n) is 4.53. The van der Waals surface area contributed by atoms with E-state index >= 15 is 0 Å². The van der Waals surface area contributed by atoms with Gasteiger partial charge in [0, 0.05) is 0 Å². The van der Waals surface area contributed by atoms with Crippen LogP contribution in [0, 0.1) is 23.2 Å². The predicted octanol–water partition coefficient (Wildman–Crippen LogP) is 2.07.